The number of rotatable bonds is 1. The van der Waals surface area contributed by atoms with Crippen LogP contribution in [0.15, 0.2) is 36.0 Å². The van der Waals surface area contributed by atoms with Gasteiger partial charge in [-0.15, -0.1) is 11.6 Å². The maximum absolute atomic E-state index is 12.1. The molecular weight excluding hydrogens is 318 g/mol. The molecule has 120 valence electrons. The first-order valence-corrected chi connectivity index (χ1v) is 6.86. The molecule has 0 amide bonds. The molecule has 0 fully saturated rings. The molecular formula is C14H15ClF6. The second-order valence-corrected chi connectivity index (χ2v) is 5.11. The Kier molecular flexibility index (Phi) is 5.96. The first kappa shape index (κ1) is 18.1. The summed E-state index contributed by atoms with van der Waals surface area (Å²) in [5.41, 5.74) is 0.0687. The molecule has 7 heteroatoms. The maximum atomic E-state index is 12.1. The zero-order valence-corrected chi connectivity index (χ0v) is 11.8. The van der Waals surface area contributed by atoms with E-state index in [0.29, 0.717) is 6.42 Å². The van der Waals surface area contributed by atoms with Crippen molar-refractivity contribution in [3.8, 4) is 0 Å². The fourth-order valence-corrected chi connectivity index (χ4v) is 1.77. The van der Waals surface area contributed by atoms with Gasteiger partial charge in [0.25, 0.3) is 17.8 Å². The van der Waals surface area contributed by atoms with E-state index >= 15 is 0 Å². The highest BCUT2D eigenvalue weighted by atomic mass is 35.5. The predicted octanol–water partition coefficient (Wildman–Crippen LogP) is 5.74. The molecule has 0 unspecified atom stereocenters. The van der Waals surface area contributed by atoms with Gasteiger partial charge in [-0.1, -0.05) is 18.2 Å². The lowest BCUT2D eigenvalue weighted by Crippen LogP contribution is -2.27. The van der Waals surface area contributed by atoms with Crippen LogP contribution in [0.4, 0.5) is 26.3 Å². The molecule has 0 aromatic carbocycles. The predicted molar refractivity (Wildman–Crippen MR) is 70.4 cm³/mol. The van der Waals surface area contributed by atoms with E-state index in [0.717, 1.165) is 12.2 Å². The zero-order chi connectivity index (χ0) is 16.1. The molecule has 0 aromatic rings. The van der Waals surface area contributed by atoms with E-state index in [1.807, 2.05) is 0 Å². The van der Waals surface area contributed by atoms with E-state index in [9.17, 15) is 26.3 Å². The van der Waals surface area contributed by atoms with Crippen LogP contribution in [0, 0.1) is 0 Å². The Hall–Kier alpha value is -0.910. The Bertz CT molecular complexity index is 437. The quantitative estimate of drug-likeness (QED) is 0.326. The molecule has 0 N–H and O–H groups in total. The van der Waals surface area contributed by atoms with Gasteiger partial charge < -0.3 is 0 Å². The van der Waals surface area contributed by atoms with Crippen LogP contribution in [0.3, 0.4) is 0 Å². The third-order valence-electron chi connectivity index (χ3n) is 2.98. The van der Waals surface area contributed by atoms with Crippen molar-refractivity contribution in [3.63, 3.8) is 0 Å². The van der Waals surface area contributed by atoms with Crippen molar-refractivity contribution in [2.75, 3.05) is 5.88 Å². The van der Waals surface area contributed by atoms with Crippen LogP contribution < -0.4 is 0 Å². The lowest BCUT2D eigenvalue weighted by atomic mass is 9.96. The highest BCUT2D eigenvalue weighted by Gasteiger charge is 2.39. The van der Waals surface area contributed by atoms with Crippen molar-refractivity contribution in [2.24, 2.45) is 0 Å². The van der Waals surface area contributed by atoms with E-state index in [1.54, 1.807) is 0 Å². The molecule has 0 radical (unpaired) electrons. The van der Waals surface area contributed by atoms with Crippen LogP contribution in [-0.2, 0) is 0 Å². The number of alkyl halides is 7. The Balaban J connectivity index is 0.000000159. The molecule has 0 spiro atoms. The van der Waals surface area contributed by atoms with Crippen molar-refractivity contribution in [2.45, 2.75) is 43.5 Å². The number of halogens is 7. The van der Waals surface area contributed by atoms with Crippen molar-refractivity contribution in [1.29, 1.82) is 0 Å². The average Bonchev–Trinajstić information content (AvgIpc) is 2.73. The largest absolute Gasteiger partial charge is 0.273 e. The third-order valence-corrected chi connectivity index (χ3v) is 3.26. The Morgan fingerprint density at radius 3 is 1.48 bits per heavy atom. The summed E-state index contributed by atoms with van der Waals surface area (Å²) in [5.74, 6) is -7.56. The second kappa shape index (κ2) is 6.90. The summed E-state index contributed by atoms with van der Waals surface area (Å²) in [5, 5.41) is 0. The highest BCUT2D eigenvalue weighted by molar-refractivity contribution is 6.19. The van der Waals surface area contributed by atoms with Crippen molar-refractivity contribution >= 4 is 11.6 Å². The molecule has 0 aromatic heterocycles. The summed E-state index contributed by atoms with van der Waals surface area (Å²) >= 11 is 5.14. The van der Waals surface area contributed by atoms with Gasteiger partial charge in [-0.2, -0.15) is 0 Å². The number of allylic oxidation sites excluding steroid dienone is 6. The van der Waals surface area contributed by atoms with Gasteiger partial charge >= 0.3 is 0 Å². The van der Waals surface area contributed by atoms with E-state index in [1.165, 1.54) is 18.2 Å². The summed E-state index contributed by atoms with van der Waals surface area (Å²) in [6, 6.07) is 0. The van der Waals surface area contributed by atoms with Gasteiger partial charge in [0.05, 0.1) is 0 Å². The normalized spacial score (nSPS) is 25.4. The SMILES string of the molecule is FC1(F)C=CC1.FC1(F)C=CCC1.FC1(F)CC=C1CCl. The first-order valence-electron chi connectivity index (χ1n) is 6.32. The minimum absolute atomic E-state index is 0.00694. The molecule has 3 aliphatic carbocycles. The average molecular weight is 333 g/mol. The van der Waals surface area contributed by atoms with E-state index < -0.39 is 17.8 Å². The van der Waals surface area contributed by atoms with E-state index in [2.05, 4.69) is 0 Å². The molecule has 0 atom stereocenters. The van der Waals surface area contributed by atoms with Crippen LogP contribution >= 0.6 is 11.6 Å². The van der Waals surface area contributed by atoms with Crippen molar-refractivity contribution < 1.29 is 26.3 Å². The fraction of sp³-hybridized carbons (Fsp3) is 0.571. The van der Waals surface area contributed by atoms with Gasteiger partial charge in [-0.3, -0.25) is 0 Å². The smallest absolute Gasteiger partial charge is 0.202 e. The van der Waals surface area contributed by atoms with Gasteiger partial charge in [0.2, 0.25) is 0 Å². The molecule has 0 saturated heterocycles. The zero-order valence-electron chi connectivity index (χ0n) is 11.1. The summed E-state index contributed by atoms with van der Waals surface area (Å²) in [7, 11) is 0. The highest BCUT2D eigenvalue weighted by Crippen LogP contribution is 2.37. The van der Waals surface area contributed by atoms with Crippen LogP contribution in [0.1, 0.15) is 25.7 Å². The van der Waals surface area contributed by atoms with Crippen molar-refractivity contribution in [3.05, 3.63) is 36.0 Å². The Morgan fingerprint density at radius 1 is 0.905 bits per heavy atom. The molecule has 3 aliphatic rings. The minimum Gasteiger partial charge on any atom is -0.202 e. The summed E-state index contributed by atoms with van der Waals surface area (Å²) in [4.78, 5) is 0. The fourth-order valence-electron chi connectivity index (χ4n) is 1.46. The lowest BCUT2D eigenvalue weighted by Gasteiger charge is -2.24. The van der Waals surface area contributed by atoms with Gasteiger partial charge in [0.15, 0.2) is 0 Å². The molecule has 0 nitrogen and oxygen atoms in total. The molecule has 0 saturated carbocycles. The molecule has 0 heterocycles. The van der Waals surface area contributed by atoms with Gasteiger partial charge in [0, 0.05) is 30.7 Å². The van der Waals surface area contributed by atoms with Gasteiger partial charge in [-0.25, -0.2) is 26.3 Å². The van der Waals surface area contributed by atoms with Gasteiger partial charge in [-0.05, 0) is 18.6 Å². The molecule has 0 bridgehead atoms. The van der Waals surface area contributed by atoms with Crippen LogP contribution in [0.5, 0.6) is 0 Å². The van der Waals surface area contributed by atoms with E-state index in [4.69, 9.17) is 11.6 Å². The lowest BCUT2D eigenvalue weighted by molar-refractivity contribution is 0.0252. The minimum atomic E-state index is -2.58. The molecule has 3 rings (SSSR count). The standard InChI is InChI=1S/C5H5ClF2.C5H6F2.C4H4F2/c6-3-4-1-2-5(4,7)8;6-5(7)3-1-2-4-5;5-4(6)2-1-3-4/h1H,2-3H2;1,3H,2,4H2;1-2H,3H2. The number of hydrogen-bond donors (Lipinski definition) is 0. The maximum Gasteiger partial charge on any atom is 0.273 e. The van der Waals surface area contributed by atoms with Gasteiger partial charge in [0.1, 0.15) is 0 Å². The van der Waals surface area contributed by atoms with Crippen LogP contribution in [-0.4, -0.2) is 23.6 Å². The molecule has 0 aliphatic heterocycles. The molecule has 21 heavy (non-hydrogen) atoms. The monoisotopic (exact) mass is 332 g/mol. The van der Waals surface area contributed by atoms with E-state index in [-0.39, 0.29) is 30.7 Å². The van der Waals surface area contributed by atoms with Crippen LogP contribution in [0.2, 0.25) is 0 Å². The second-order valence-electron chi connectivity index (χ2n) is 4.84. The summed E-state index contributed by atoms with van der Waals surface area (Å²) in [6.07, 6.45) is 6.66. The summed E-state index contributed by atoms with van der Waals surface area (Å²) in [6.45, 7) is 0. The van der Waals surface area contributed by atoms with Crippen LogP contribution in [0.25, 0.3) is 0 Å². The summed E-state index contributed by atoms with van der Waals surface area (Å²) < 4.78 is 70.7. The van der Waals surface area contributed by atoms with Crippen molar-refractivity contribution in [1.82, 2.24) is 0 Å². The third kappa shape index (κ3) is 6.16. The Morgan fingerprint density at radius 2 is 1.43 bits per heavy atom. The number of hydrogen-bond acceptors (Lipinski definition) is 0. The Labute approximate surface area is 124 Å². The first-order chi connectivity index (χ1) is 9.58. The topological polar surface area (TPSA) is 0 Å².